The maximum absolute atomic E-state index is 13.7. The second-order valence-corrected chi connectivity index (χ2v) is 9.30. The van der Waals surface area contributed by atoms with Gasteiger partial charge in [0.2, 0.25) is 5.91 Å². The smallest absolute Gasteiger partial charge is 0.283 e. The number of fused-ring (bicyclic) bond motifs is 1. The maximum atomic E-state index is 13.7. The van der Waals surface area contributed by atoms with E-state index in [-0.39, 0.29) is 29.1 Å². The second kappa shape index (κ2) is 9.32. The van der Waals surface area contributed by atoms with Gasteiger partial charge in [-0.25, -0.2) is 13.8 Å². The van der Waals surface area contributed by atoms with E-state index in [1.54, 1.807) is 30.0 Å². The number of aromatic nitrogens is 3. The molecule has 2 aromatic heterocycles. The van der Waals surface area contributed by atoms with Crippen LogP contribution >= 0.6 is 11.6 Å². The van der Waals surface area contributed by atoms with Gasteiger partial charge in [-0.3, -0.25) is 9.79 Å². The normalized spacial score (nSPS) is 16.9. The molecule has 11 heteroatoms. The first kappa shape index (κ1) is 23.9. The Labute approximate surface area is 210 Å². The zero-order chi connectivity index (χ0) is 25.6. The Morgan fingerprint density at radius 3 is 2.78 bits per heavy atom. The number of nitriles is 1. The molecular weight excluding hydrogens is 488 g/mol. The number of nitrogens with zero attached hydrogens (tertiary/aromatic N) is 6. The molecule has 1 aromatic carbocycles. The van der Waals surface area contributed by atoms with Crippen molar-refractivity contribution in [2.45, 2.75) is 32.2 Å². The molecule has 2 aliphatic rings. The lowest BCUT2D eigenvalue weighted by Crippen LogP contribution is -2.54. The van der Waals surface area contributed by atoms with E-state index in [0.29, 0.717) is 40.2 Å². The van der Waals surface area contributed by atoms with Gasteiger partial charge in [-0.15, -0.1) is 0 Å². The molecule has 1 saturated heterocycles. The van der Waals surface area contributed by atoms with Crippen molar-refractivity contribution in [3.63, 3.8) is 0 Å². The Morgan fingerprint density at radius 2 is 2.14 bits per heavy atom. The third kappa shape index (κ3) is 4.31. The molecule has 0 radical (unpaired) electrons. The van der Waals surface area contributed by atoms with Gasteiger partial charge in [-0.2, -0.15) is 14.9 Å². The van der Waals surface area contributed by atoms with Crippen molar-refractivity contribution in [2.24, 2.45) is 10.9 Å². The summed E-state index contributed by atoms with van der Waals surface area (Å²) in [4.78, 5) is 23.4. The number of nitrogens with one attached hydrogen (secondary N) is 1. The molecule has 0 bridgehead atoms. The summed E-state index contributed by atoms with van der Waals surface area (Å²) < 4.78 is 28.6. The number of hydrogen-bond acceptors (Lipinski definition) is 6. The molecule has 8 nitrogen and oxygen atoms in total. The number of benzene rings is 1. The van der Waals surface area contributed by atoms with Gasteiger partial charge in [0.25, 0.3) is 6.43 Å². The first-order valence-corrected chi connectivity index (χ1v) is 11.8. The minimum absolute atomic E-state index is 0.0204. The van der Waals surface area contributed by atoms with Crippen LogP contribution in [0.1, 0.15) is 41.8 Å². The van der Waals surface area contributed by atoms with Crippen LogP contribution in [0.4, 0.5) is 14.5 Å². The third-order valence-corrected chi connectivity index (χ3v) is 6.52. The van der Waals surface area contributed by atoms with Crippen molar-refractivity contribution in [3.05, 3.63) is 69.2 Å². The van der Waals surface area contributed by atoms with Crippen molar-refractivity contribution in [2.75, 3.05) is 18.4 Å². The Bertz CT molecular complexity index is 1550. The largest absolute Gasteiger partial charge is 0.362 e. The number of hydrogen-bond donors (Lipinski definition) is 1. The number of anilines is 1. The van der Waals surface area contributed by atoms with Crippen molar-refractivity contribution in [3.8, 4) is 6.07 Å². The van der Waals surface area contributed by atoms with Gasteiger partial charge in [0.05, 0.1) is 11.7 Å². The average molecular weight is 510 g/mol. The Hall–Kier alpha value is -3.84. The fourth-order valence-electron chi connectivity index (χ4n) is 4.25. The summed E-state index contributed by atoms with van der Waals surface area (Å²) in [5, 5.41) is 17.7. The van der Waals surface area contributed by atoms with E-state index in [0.717, 1.165) is 18.4 Å². The predicted molar refractivity (Wildman–Crippen MR) is 130 cm³/mol. The molecule has 0 atom stereocenters. The number of rotatable bonds is 6. The van der Waals surface area contributed by atoms with Crippen LogP contribution in [0.5, 0.6) is 0 Å². The lowest BCUT2D eigenvalue weighted by atomic mass is 10.1. The van der Waals surface area contributed by atoms with E-state index in [2.05, 4.69) is 22.0 Å². The summed E-state index contributed by atoms with van der Waals surface area (Å²) in [6, 6.07) is 6.84. The van der Waals surface area contributed by atoms with E-state index in [1.165, 1.54) is 10.7 Å². The van der Waals surface area contributed by atoms with E-state index in [1.807, 2.05) is 12.1 Å². The van der Waals surface area contributed by atoms with Gasteiger partial charge in [-0.05, 0) is 49.7 Å². The summed E-state index contributed by atoms with van der Waals surface area (Å²) >= 11 is 6.16. The van der Waals surface area contributed by atoms with Crippen LogP contribution < -0.4 is 16.0 Å². The molecule has 1 amide bonds. The predicted octanol–water partition coefficient (Wildman–Crippen LogP) is 3.13. The highest BCUT2D eigenvalue weighted by Crippen LogP contribution is 2.32. The SMILES string of the molecule is C=CNc1cc(Cl)ccc1/C=c1\c(C)nc2c(C#N)c(C(F)F)nn2c1=NC1CN(C(=O)C2CC2)C1. The summed E-state index contributed by atoms with van der Waals surface area (Å²) in [6.07, 6.45) is 2.22. The molecule has 1 aliphatic carbocycles. The number of likely N-dealkylation sites (tertiary alicyclic amines) is 1. The number of aryl methyl sites for hydroxylation is 1. The summed E-state index contributed by atoms with van der Waals surface area (Å²) in [5.74, 6) is 0.250. The number of carbonyl (C=O) groups is 1. The van der Waals surface area contributed by atoms with Crippen LogP contribution in [0.3, 0.4) is 0 Å². The fraction of sp³-hybridized carbons (Fsp3) is 0.320. The van der Waals surface area contributed by atoms with Crippen LogP contribution in [0.15, 0.2) is 36.0 Å². The van der Waals surface area contributed by atoms with Crippen molar-refractivity contribution >= 4 is 34.9 Å². The first-order chi connectivity index (χ1) is 17.3. The minimum Gasteiger partial charge on any atom is -0.362 e. The number of alkyl halides is 2. The van der Waals surface area contributed by atoms with Crippen molar-refractivity contribution in [1.29, 1.82) is 5.26 Å². The number of carbonyl (C=O) groups excluding carboxylic acids is 1. The molecule has 2 fully saturated rings. The lowest BCUT2D eigenvalue weighted by molar-refractivity contribution is -0.136. The van der Waals surface area contributed by atoms with Gasteiger partial charge < -0.3 is 10.2 Å². The molecule has 3 aromatic rings. The van der Waals surface area contributed by atoms with Crippen LogP contribution in [-0.2, 0) is 4.79 Å². The molecule has 184 valence electrons. The lowest BCUT2D eigenvalue weighted by Gasteiger charge is -2.37. The highest BCUT2D eigenvalue weighted by atomic mass is 35.5. The van der Waals surface area contributed by atoms with Crippen LogP contribution in [0.2, 0.25) is 5.02 Å². The quantitative estimate of drug-likeness (QED) is 0.550. The fourth-order valence-corrected chi connectivity index (χ4v) is 4.42. The summed E-state index contributed by atoms with van der Waals surface area (Å²) in [5.41, 5.74) is 1.30. The summed E-state index contributed by atoms with van der Waals surface area (Å²) in [7, 11) is 0. The van der Waals surface area contributed by atoms with Crippen molar-refractivity contribution in [1.82, 2.24) is 19.5 Å². The second-order valence-electron chi connectivity index (χ2n) is 8.87. The minimum atomic E-state index is -2.95. The van der Waals surface area contributed by atoms with Crippen LogP contribution in [-0.4, -0.2) is 44.5 Å². The molecule has 1 N–H and O–H groups in total. The standard InChI is InChI=1S/C25H22ClF2N7O/c1-3-30-20-9-16(26)7-6-15(20)8-18-13(2)31-24-19(10-29)21(22(27)28)33-35(24)23(18)32-17-11-34(12-17)25(36)14-4-5-14/h3,6-9,14,17,22,30H,1,4-5,11-12H2,2H3/b18-8+,32-23?. The highest BCUT2D eigenvalue weighted by Gasteiger charge is 2.39. The first-order valence-electron chi connectivity index (χ1n) is 11.4. The molecule has 5 rings (SSSR count). The Balaban J connectivity index is 1.72. The van der Waals surface area contributed by atoms with Crippen LogP contribution in [0.25, 0.3) is 11.7 Å². The zero-order valence-corrected chi connectivity index (χ0v) is 20.1. The zero-order valence-electron chi connectivity index (χ0n) is 19.4. The number of halogens is 3. The monoisotopic (exact) mass is 509 g/mol. The molecule has 1 saturated carbocycles. The summed E-state index contributed by atoms with van der Waals surface area (Å²) in [6.45, 7) is 6.30. The Kier molecular flexibility index (Phi) is 6.18. The van der Waals surface area contributed by atoms with Crippen molar-refractivity contribution < 1.29 is 13.6 Å². The van der Waals surface area contributed by atoms with E-state index >= 15 is 0 Å². The third-order valence-electron chi connectivity index (χ3n) is 6.29. The maximum Gasteiger partial charge on any atom is 0.283 e. The molecule has 3 heterocycles. The van der Waals surface area contributed by atoms with Gasteiger partial charge in [0, 0.05) is 34.9 Å². The van der Waals surface area contributed by atoms with E-state index in [9.17, 15) is 18.8 Å². The van der Waals surface area contributed by atoms with Gasteiger partial charge in [0.15, 0.2) is 11.1 Å². The van der Waals surface area contributed by atoms with Gasteiger partial charge in [-0.1, -0.05) is 24.2 Å². The molecule has 1 aliphatic heterocycles. The van der Waals surface area contributed by atoms with Gasteiger partial charge >= 0.3 is 0 Å². The molecule has 0 spiro atoms. The number of amides is 1. The average Bonchev–Trinajstić information content (AvgIpc) is 3.59. The molecule has 36 heavy (non-hydrogen) atoms. The van der Waals surface area contributed by atoms with E-state index < -0.39 is 12.1 Å². The topological polar surface area (TPSA) is 98.7 Å². The van der Waals surface area contributed by atoms with Crippen LogP contribution in [0, 0.1) is 24.2 Å². The highest BCUT2D eigenvalue weighted by molar-refractivity contribution is 6.30. The van der Waals surface area contributed by atoms with Gasteiger partial charge in [0.1, 0.15) is 17.3 Å². The van der Waals surface area contributed by atoms with E-state index in [4.69, 9.17) is 16.6 Å². The molecular formula is C25H22ClF2N7O. The molecule has 0 unspecified atom stereocenters. The Morgan fingerprint density at radius 1 is 1.39 bits per heavy atom.